The van der Waals surface area contributed by atoms with Crippen molar-refractivity contribution in [3.05, 3.63) is 0 Å². The first-order chi connectivity index (χ1) is 8.74. The quantitative estimate of drug-likeness (QED) is 0.807. The zero-order valence-electron chi connectivity index (χ0n) is 11.8. The first-order valence-corrected chi connectivity index (χ1v) is 6.66. The Morgan fingerprint density at radius 3 is 2.47 bits per heavy atom. The second-order valence-electron chi connectivity index (χ2n) is 6.28. The van der Waals surface area contributed by atoms with Crippen LogP contribution in [-0.4, -0.2) is 47.8 Å². The van der Waals surface area contributed by atoms with E-state index >= 15 is 0 Å². The molecule has 19 heavy (non-hydrogen) atoms. The number of amides is 2. The zero-order chi connectivity index (χ0) is 14.3. The molecule has 1 aliphatic heterocycles. The van der Waals surface area contributed by atoms with Crippen LogP contribution < -0.4 is 5.73 Å². The highest BCUT2D eigenvalue weighted by molar-refractivity contribution is 5.85. The van der Waals surface area contributed by atoms with Crippen molar-refractivity contribution in [2.45, 2.75) is 44.8 Å². The van der Waals surface area contributed by atoms with Crippen LogP contribution in [0.4, 0.5) is 4.79 Å². The first kappa shape index (κ1) is 14.1. The highest BCUT2D eigenvalue weighted by Gasteiger charge is 2.54. The fourth-order valence-corrected chi connectivity index (χ4v) is 2.38. The molecule has 0 radical (unpaired) electrons. The molecule has 108 valence electrons. The van der Waals surface area contributed by atoms with Gasteiger partial charge >= 0.3 is 6.09 Å². The molecule has 6 heteroatoms. The van der Waals surface area contributed by atoms with Gasteiger partial charge in [0.15, 0.2) is 5.60 Å². The van der Waals surface area contributed by atoms with Crippen molar-refractivity contribution in [2.75, 3.05) is 19.7 Å². The van der Waals surface area contributed by atoms with E-state index in [1.54, 1.807) is 0 Å². The van der Waals surface area contributed by atoms with Gasteiger partial charge in [-0.1, -0.05) is 0 Å². The van der Waals surface area contributed by atoms with Gasteiger partial charge in [0.05, 0.1) is 13.2 Å². The molecule has 0 aromatic rings. The lowest BCUT2D eigenvalue weighted by Crippen LogP contribution is -2.61. The smallest absolute Gasteiger partial charge is 0.410 e. The van der Waals surface area contributed by atoms with Gasteiger partial charge in [-0.15, -0.1) is 0 Å². The van der Waals surface area contributed by atoms with E-state index in [2.05, 4.69) is 0 Å². The summed E-state index contributed by atoms with van der Waals surface area (Å²) in [6.45, 7) is 6.38. The number of morpholine rings is 1. The van der Waals surface area contributed by atoms with Gasteiger partial charge in [-0.05, 0) is 39.5 Å². The Kier molecular flexibility index (Phi) is 3.47. The number of primary amides is 1. The van der Waals surface area contributed by atoms with Crippen LogP contribution in [-0.2, 0) is 14.3 Å². The van der Waals surface area contributed by atoms with Gasteiger partial charge in [0.2, 0.25) is 0 Å². The molecule has 6 nitrogen and oxygen atoms in total. The van der Waals surface area contributed by atoms with Gasteiger partial charge in [0.1, 0.15) is 5.60 Å². The molecule has 1 saturated heterocycles. The first-order valence-electron chi connectivity index (χ1n) is 6.66. The Bertz CT molecular complexity index is 387. The van der Waals surface area contributed by atoms with Gasteiger partial charge in [0.25, 0.3) is 5.91 Å². The summed E-state index contributed by atoms with van der Waals surface area (Å²) >= 11 is 0. The molecule has 1 heterocycles. The Hall–Kier alpha value is -1.30. The van der Waals surface area contributed by atoms with E-state index in [4.69, 9.17) is 15.2 Å². The standard InChI is InChI=1S/C13H22N2O4/c1-12(2,3)19-11(17)15-6-7-18-13(8-15,10(14)16)9-4-5-9/h9H,4-8H2,1-3H3,(H2,14,16). The number of nitrogens with zero attached hydrogens (tertiary/aromatic N) is 1. The number of nitrogens with two attached hydrogens (primary N) is 1. The average Bonchev–Trinajstić information content (AvgIpc) is 3.10. The van der Waals surface area contributed by atoms with Crippen LogP contribution in [0.3, 0.4) is 0 Å². The van der Waals surface area contributed by atoms with E-state index in [-0.39, 0.29) is 12.5 Å². The van der Waals surface area contributed by atoms with Gasteiger partial charge in [-0.3, -0.25) is 4.79 Å². The SMILES string of the molecule is CC(C)(C)OC(=O)N1CCOC(C(N)=O)(C2CC2)C1. The van der Waals surface area contributed by atoms with Crippen LogP contribution in [0.1, 0.15) is 33.6 Å². The lowest BCUT2D eigenvalue weighted by atomic mass is 9.94. The summed E-state index contributed by atoms with van der Waals surface area (Å²) in [5.41, 5.74) is 3.92. The molecular formula is C13H22N2O4. The number of ether oxygens (including phenoxy) is 2. The van der Waals surface area contributed by atoms with Crippen molar-refractivity contribution in [1.29, 1.82) is 0 Å². The molecule has 0 aromatic carbocycles. The molecule has 1 unspecified atom stereocenters. The summed E-state index contributed by atoms with van der Waals surface area (Å²) in [7, 11) is 0. The summed E-state index contributed by atoms with van der Waals surface area (Å²) < 4.78 is 11.0. The molecule has 2 aliphatic rings. The number of carbonyl (C=O) groups excluding carboxylic acids is 2. The summed E-state index contributed by atoms with van der Waals surface area (Å²) in [5, 5.41) is 0. The van der Waals surface area contributed by atoms with Gasteiger partial charge < -0.3 is 20.1 Å². The molecule has 0 aromatic heterocycles. The molecule has 1 saturated carbocycles. The van der Waals surface area contributed by atoms with Crippen LogP contribution >= 0.6 is 0 Å². The Balaban J connectivity index is 2.08. The second-order valence-corrected chi connectivity index (χ2v) is 6.28. The zero-order valence-corrected chi connectivity index (χ0v) is 11.8. The normalized spacial score (nSPS) is 28.1. The lowest BCUT2D eigenvalue weighted by Gasteiger charge is -2.41. The van der Waals surface area contributed by atoms with Crippen molar-refractivity contribution in [3.8, 4) is 0 Å². The second kappa shape index (κ2) is 4.67. The molecule has 2 rings (SSSR count). The molecular weight excluding hydrogens is 248 g/mol. The number of hydrogen-bond donors (Lipinski definition) is 1. The van der Waals surface area contributed by atoms with E-state index in [9.17, 15) is 9.59 Å². The molecule has 1 aliphatic carbocycles. The molecule has 0 bridgehead atoms. The van der Waals surface area contributed by atoms with Crippen molar-refractivity contribution >= 4 is 12.0 Å². The van der Waals surface area contributed by atoms with E-state index in [0.717, 1.165) is 12.8 Å². The molecule has 2 N–H and O–H groups in total. The molecule has 0 spiro atoms. The largest absolute Gasteiger partial charge is 0.444 e. The van der Waals surface area contributed by atoms with E-state index in [1.807, 2.05) is 20.8 Å². The highest BCUT2D eigenvalue weighted by Crippen LogP contribution is 2.43. The van der Waals surface area contributed by atoms with Crippen molar-refractivity contribution in [3.63, 3.8) is 0 Å². The van der Waals surface area contributed by atoms with Crippen molar-refractivity contribution in [1.82, 2.24) is 4.90 Å². The third-order valence-corrected chi connectivity index (χ3v) is 3.45. The van der Waals surface area contributed by atoms with Crippen LogP contribution in [0.15, 0.2) is 0 Å². The summed E-state index contributed by atoms with van der Waals surface area (Å²) in [6, 6.07) is 0. The Labute approximate surface area is 113 Å². The third kappa shape index (κ3) is 3.00. The summed E-state index contributed by atoms with van der Waals surface area (Å²) in [6.07, 6.45) is 1.43. The summed E-state index contributed by atoms with van der Waals surface area (Å²) in [4.78, 5) is 25.3. The van der Waals surface area contributed by atoms with Gasteiger partial charge in [-0.2, -0.15) is 0 Å². The van der Waals surface area contributed by atoms with Crippen LogP contribution in [0.5, 0.6) is 0 Å². The minimum absolute atomic E-state index is 0.134. The molecule has 2 amide bonds. The van der Waals surface area contributed by atoms with Crippen LogP contribution in [0.25, 0.3) is 0 Å². The van der Waals surface area contributed by atoms with E-state index in [1.165, 1.54) is 4.90 Å². The van der Waals surface area contributed by atoms with E-state index in [0.29, 0.717) is 13.2 Å². The predicted molar refractivity (Wildman–Crippen MR) is 68.4 cm³/mol. The van der Waals surface area contributed by atoms with Crippen molar-refractivity contribution < 1.29 is 19.1 Å². The topological polar surface area (TPSA) is 81.9 Å². The highest BCUT2D eigenvalue weighted by atomic mass is 16.6. The molecule has 2 fully saturated rings. The number of hydrogen-bond acceptors (Lipinski definition) is 4. The van der Waals surface area contributed by atoms with Crippen LogP contribution in [0.2, 0.25) is 0 Å². The van der Waals surface area contributed by atoms with Gasteiger partial charge in [0, 0.05) is 6.54 Å². The maximum atomic E-state index is 12.1. The minimum Gasteiger partial charge on any atom is -0.444 e. The average molecular weight is 270 g/mol. The Morgan fingerprint density at radius 1 is 1.37 bits per heavy atom. The summed E-state index contributed by atoms with van der Waals surface area (Å²) in [5.74, 6) is -0.349. The maximum Gasteiger partial charge on any atom is 0.410 e. The van der Waals surface area contributed by atoms with Crippen molar-refractivity contribution in [2.24, 2.45) is 11.7 Å². The van der Waals surface area contributed by atoms with E-state index < -0.39 is 23.2 Å². The fourth-order valence-electron chi connectivity index (χ4n) is 2.38. The van der Waals surface area contributed by atoms with Gasteiger partial charge in [-0.25, -0.2) is 4.79 Å². The number of rotatable bonds is 2. The maximum absolute atomic E-state index is 12.1. The number of carbonyl (C=O) groups is 2. The minimum atomic E-state index is -1.02. The monoisotopic (exact) mass is 270 g/mol. The molecule has 1 atom stereocenters. The Morgan fingerprint density at radius 2 is 2.00 bits per heavy atom. The third-order valence-electron chi connectivity index (χ3n) is 3.45. The van der Waals surface area contributed by atoms with Crippen LogP contribution in [0, 0.1) is 5.92 Å². The predicted octanol–water partition coefficient (Wildman–Crippen LogP) is 0.888. The fraction of sp³-hybridized carbons (Fsp3) is 0.846. The lowest BCUT2D eigenvalue weighted by molar-refractivity contribution is -0.160.